The van der Waals surface area contributed by atoms with E-state index >= 15 is 0 Å². The summed E-state index contributed by atoms with van der Waals surface area (Å²) < 4.78 is 25.8. The van der Waals surface area contributed by atoms with Crippen molar-refractivity contribution in [3.05, 3.63) is 24.3 Å². The molecular formula is C14H22N2O2S2. The number of rotatable bonds is 7. The Morgan fingerprint density at radius 2 is 2.15 bits per heavy atom. The van der Waals surface area contributed by atoms with E-state index in [0.717, 1.165) is 17.7 Å². The van der Waals surface area contributed by atoms with E-state index < -0.39 is 10.0 Å². The number of nitrogens with zero attached hydrogens (tertiary/aromatic N) is 1. The maximum absolute atomic E-state index is 12.2. The van der Waals surface area contributed by atoms with Crippen LogP contribution in [0.1, 0.15) is 19.3 Å². The summed E-state index contributed by atoms with van der Waals surface area (Å²) in [6, 6.07) is 7.53. The third-order valence-electron chi connectivity index (χ3n) is 3.68. The second kappa shape index (κ2) is 6.83. The van der Waals surface area contributed by atoms with E-state index in [-0.39, 0.29) is 5.75 Å². The number of thioether (sulfide) groups is 1. The van der Waals surface area contributed by atoms with Crippen LogP contribution in [0.5, 0.6) is 0 Å². The third kappa shape index (κ3) is 4.40. The first-order chi connectivity index (χ1) is 9.47. The fraction of sp³-hybridized carbons (Fsp3) is 0.571. The third-order valence-corrected chi connectivity index (χ3v) is 6.76. The number of nitrogen functional groups attached to an aromatic ring is 1. The average Bonchev–Trinajstić information content (AvgIpc) is 2.33. The zero-order valence-corrected chi connectivity index (χ0v) is 13.4. The van der Waals surface area contributed by atoms with Crippen LogP contribution in [0.4, 0.5) is 5.69 Å². The van der Waals surface area contributed by atoms with E-state index in [1.54, 1.807) is 7.05 Å². The fourth-order valence-corrected chi connectivity index (χ4v) is 4.73. The Hall–Kier alpha value is -0.720. The number of nitrogens with two attached hydrogens (primary N) is 1. The molecule has 2 N–H and O–H groups in total. The summed E-state index contributed by atoms with van der Waals surface area (Å²) in [7, 11) is -1.44. The summed E-state index contributed by atoms with van der Waals surface area (Å²) in [5.74, 6) is 1.30. The van der Waals surface area contributed by atoms with Crippen LogP contribution in [0.3, 0.4) is 0 Å². The highest BCUT2D eigenvalue weighted by atomic mass is 32.2. The van der Waals surface area contributed by atoms with E-state index in [1.807, 2.05) is 24.3 Å². The molecule has 2 rings (SSSR count). The van der Waals surface area contributed by atoms with Gasteiger partial charge < -0.3 is 5.73 Å². The SMILES string of the molecule is CN(CC1CCC1)S(=O)(=O)CCSc1cccc(N)c1. The van der Waals surface area contributed by atoms with Crippen molar-refractivity contribution in [3.63, 3.8) is 0 Å². The predicted octanol–water partition coefficient (Wildman–Crippen LogP) is 2.42. The van der Waals surface area contributed by atoms with E-state index in [1.165, 1.54) is 22.5 Å². The highest BCUT2D eigenvalue weighted by Crippen LogP contribution is 2.27. The van der Waals surface area contributed by atoms with Gasteiger partial charge in [0.15, 0.2) is 0 Å². The van der Waals surface area contributed by atoms with Crippen LogP contribution in [0, 0.1) is 5.92 Å². The van der Waals surface area contributed by atoms with Crippen molar-refractivity contribution in [1.82, 2.24) is 4.31 Å². The van der Waals surface area contributed by atoms with Crippen LogP contribution < -0.4 is 5.73 Å². The lowest BCUT2D eigenvalue weighted by molar-refractivity contribution is 0.263. The molecule has 0 radical (unpaired) electrons. The van der Waals surface area contributed by atoms with Crippen molar-refractivity contribution in [2.45, 2.75) is 24.2 Å². The first kappa shape index (κ1) is 15.7. The fourth-order valence-electron chi connectivity index (χ4n) is 2.18. The summed E-state index contributed by atoms with van der Waals surface area (Å²) in [4.78, 5) is 1.02. The van der Waals surface area contributed by atoms with Gasteiger partial charge in [-0.3, -0.25) is 0 Å². The molecule has 0 aliphatic heterocycles. The van der Waals surface area contributed by atoms with E-state index in [4.69, 9.17) is 5.73 Å². The zero-order chi connectivity index (χ0) is 14.6. The Kier molecular flexibility index (Phi) is 5.35. The molecule has 1 aromatic carbocycles. The Morgan fingerprint density at radius 1 is 1.40 bits per heavy atom. The van der Waals surface area contributed by atoms with Crippen LogP contribution >= 0.6 is 11.8 Å². The Labute approximate surface area is 125 Å². The van der Waals surface area contributed by atoms with E-state index in [2.05, 4.69) is 0 Å². The van der Waals surface area contributed by atoms with Gasteiger partial charge in [0.1, 0.15) is 0 Å². The van der Waals surface area contributed by atoms with Gasteiger partial charge in [0.2, 0.25) is 10.0 Å². The average molecular weight is 314 g/mol. The minimum Gasteiger partial charge on any atom is -0.399 e. The molecule has 0 unspecified atom stereocenters. The van der Waals surface area contributed by atoms with Crippen LogP contribution in [0.2, 0.25) is 0 Å². The smallest absolute Gasteiger partial charge is 0.214 e. The first-order valence-electron chi connectivity index (χ1n) is 6.90. The summed E-state index contributed by atoms with van der Waals surface area (Å²) in [5.41, 5.74) is 6.41. The largest absolute Gasteiger partial charge is 0.399 e. The number of benzene rings is 1. The molecule has 1 fully saturated rings. The topological polar surface area (TPSA) is 63.4 Å². The number of sulfonamides is 1. The van der Waals surface area contributed by atoms with Crippen molar-refractivity contribution in [2.24, 2.45) is 5.92 Å². The van der Waals surface area contributed by atoms with Crippen LogP contribution in [0.25, 0.3) is 0 Å². The van der Waals surface area contributed by atoms with Gasteiger partial charge in [0.05, 0.1) is 5.75 Å². The molecule has 6 heteroatoms. The van der Waals surface area contributed by atoms with Crippen molar-refractivity contribution >= 4 is 27.5 Å². The summed E-state index contributed by atoms with van der Waals surface area (Å²) >= 11 is 1.53. The van der Waals surface area contributed by atoms with Crippen molar-refractivity contribution < 1.29 is 8.42 Å². The molecule has 0 amide bonds. The molecule has 112 valence electrons. The van der Waals surface area contributed by atoms with Gasteiger partial charge in [-0.1, -0.05) is 12.5 Å². The monoisotopic (exact) mass is 314 g/mol. The number of hydrogen-bond acceptors (Lipinski definition) is 4. The lowest BCUT2D eigenvalue weighted by Crippen LogP contribution is -2.36. The highest BCUT2D eigenvalue weighted by molar-refractivity contribution is 8.00. The van der Waals surface area contributed by atoms with E-state index in [0.29, 0.717) is 23.9 Å². The molecule has 0 heterocycles. The molecular weight excluding hydrogens is 292 g/mol. The van der Waals surface area contributed by atoms with E-state index in [9.17, 15) is 8.42 Å². The molecule has 4 nitrogen and oxygen atoms in total. The zero-order valence-electron chi connectivity index (χ0n) is 11.8. The van der Waals surface area contributed by atoms with Gasteiger partial charge in [-0.2, -0.15) is 0 Å². The predicted molar refractivity (Wildman–Crippen MR) is 85.3 cm³/mol. The molecule has 0 atom stereocenters. The Balaban J connectivity index is 1.79. The molecule has 20 heavy (non-hydrogen) atoms. The van der Waals surface area contributed by atoms with Crippen LogP contribution in [0.15, 0.2) is 29.2 Å². The van der Waals surface area contributed by atoms with Crippen molar-refractivity contribution in [2.75, 3.05) is 30.8 Å². The van der Waals surface area contributed by atoms with Crippen molar-refractivity contribution in [1.29, 1.82) is 0 Å². The Morgan fingerprint density at radius 3 is 2.75 bits per heavy atom. The molecule has 0 spiro atoms. The summed E-state index contributed by atoms with van der Waals surface area (Å²) in [6.07, 6.45) is 3.57. The lowest BCUT2D eigenvalue weighted by Gasteiger charge is -2.29. The van der Waals surface area contributed by atoms with Gasteiger partial charge in [0.25, 0.3) is 0 Å². The van der Waals surface area contributed by atoms with Gasteiger partial charge in [0, 0.05) is 29.9 Å². The first-order valence-corrected chi connectivity index (χ1v) is 9.49. The molecule has 1 aliphatic rings. The molecule has 1 saturated carbocycles. The van der Waals surface area contributed by atoms with Crippen molar-refractivity contribution in [3.8, 4) is 0 Å². The molecule has 0 saturated heterocycles. The second-order valence-electron chi connectivity index (χ2n) is 5.31. The van der Waals surface area contributed by atoms with Crippen LogP contribution in [-0.4, -0.2) is 37.8 Å². The molecule has 0 bridgehead atoms. The quantitative estimate of drug-likeness (QED) is 0.620. The number of anilines is 1. The lowest BCUT2D eigenvalue weighted by atomic mass is 9.86. The van der Waals surface area contributed by atoms with Gasteiger partial charge in [-0.25, -0.2) is 12.7 Å². The second-order valence-corrected chi connectivity index (χ2v) is 8.68. The number of hydrogen-bond donors (Lipinski definition) is 1. The minimum atomic E-state index is -3.13. The highest BCUT2D eigenvalue weighted by Gasteiger charge is 2.25. The van der Waals surface area contributed by atoms with Crippen LogP contribution in [-0.2, 0) is 10.0 Å². The van der Waals surface area contributed by atoms with Gasteiger partial charge in [-0.05, 0) is 37.0 Å². The summed E-state index contributed by atoms with van der Waals surface area (Å²) in [6.45, 7) is 0.672. The normalized spacial score (nSPS) is 16.3. The Bertz CT molecular complexity index is 542. The molecule has 1 aromatic rings. The molecule has 1 aliphatic carbocycles. The maximum Gasteiger partial charge on any atom is 0.214 e. The minimum absolute atomic E-state index is 0.176. The molecule has 0 aromatic heterocycles. The van der Waals surface area contributed by atoms with Gasteiger partial charge >= 0.3 is 0 Å². The standard InChI is InChI=1S/C14H22N2O2S2/c1-16(11-12-4-2-5-12)20(17,18)9-8-19-14-7-3-6-13(15)10-14/h3,6-7,10,12H,2,4-5,8-9,11,15H2,1H3. The van der Waals surface area contributed by atoms with Gasteiger partial charge in [-0.15, -0.1) is 11.8 Å². The summed E-state index contributed by atoms with van der Waals surface area (Å²) in [5, 5.41) is 0. The maximum atomic E-state index is 12.2.